The van der Waals surface area contributed by atoms with Gasteiger partial charge in [-0.25, -0.2) is 4.79 Å². The number of amides is 1. The molecule has 1 atom stereocenters. The molecule has 0 aliphatic heterocycles. The third-order valence-corrected chi connectivity index (χ3v) is 9.68. The summed E-state index contributed by atoms with van der Waals surface area (Å²) in [5.41, 5.74) is 1.17. The number of nitrogens with one attached hydrogen (secondary N) is 1. The van der Waals surface area contributed by atoms with Crippen LogP contribution in [0.5, 0.6) is 0 Å². The van der Waals surface area contributed by atoms with Crippen molar-refractivity contribution >= 4 is 36.1 Å². The Morgan fingerprint density at radius 2 is 1.70 bits per heavy atom. The molecule has 0 bridgehead atoms. The number of Topliss-reactive ketones (excluding diaryl/α,β-unsaturated/α-hetero) is 1. The lowest BCUT2D eigenvalue weighted by Crippen LogP contribution is -2.41. The third-order valence-electron chi connectivity index (χ3n) is 5.61. The van der Waals surface area contributed by atoms with Gasteiger partial charge < -0.3 is 14.8 Å². The molecular weight excluding hydrogens is 462 g/mol. The van der Waals surface area contributed by atoms with Crippen LogP contribution < -0.4 is 5.32 Å². The van der Waals surface area contributed by atoms with Gasteiger partial charge in [0.1, 0.15) is 5.60 Å². The number of rotatable bonds is 10. The van der Waals surface area contributed by atoms with Crippen molar-refractivity contribution in [2.75, 3.05) is 5.33 Å². The standard InChI is InChI=1S/C23H38BrNO4Si/c1-22(2,3)29-21(27)25-19(9-8-14-23(4,5)30(6,7)28)15-17-10-12-18(13-11-17)20(26)16-24/h10-13,19,28H,8-9,14-16H2,1-7H3,(H,25,27)/t19-/m1/s1. The van der Waals surface area contributed by atoms with Gasteiger partial charge in [0.2, 0.25) is 0 Å². The zero-order chi connectivity index (χ0) is 23.2. The van der Waals surface area contributed by atoms with Crippen LogP contribution in [0.3, 0.4) is 0 Å². The molecule has 0 aliphatic rings. The van der Waals surface area contributed by atoms with Crippen molar-refractivity contribution in [2.45, 2.75) is 90.1 Å². The summed E-state index contributed by atoms with van der Waals surface area (Å²) in [5.74, 6) is 0.0444. The topological polar surface area (TPSA) is 75.6 Å². The lowest BCUT2D eigenvalue weighted by molar-refractivity contribution is 0.0500. The number of alkyl halides is 1. The summed E-state index contributed by atoms with van der Waals surface area (Å²) in [6.45, 7) is 13.7. The predicted octanol–water partition coefficient (Wildman–Crippen LogP) is 5.85. The Labute approximate surface area is 191 Å². The van der Waals surface area contributed by atoms with Crippen molar-refractivity contribution in [3.8, 4) is 0 Å². The molecule has 1 amide bonds. The molecule has 0 aromatic heterocycles. The molecule has 1 rings (SSSR count). The number of halogens is 1. The molecule has 5 nitrogen and oxygen atoms in total. The first-order valence-electron chi connectivity index (χ1n) is 10.5. The van der Waals surface area contributed by atoms with E-state index in [9.17, 15) is 14.4 Å². The molecular formula is C23H38BrNO4Si. The Morgan fingerprint density at radius 1 is 1.13 bits per heavy atom. The normalized spacial score (nSPS) is 13.6. The van der Waals surface area contributed by atoms with E-state index < -0.39 is 20.0 Å². The third kappa shape index (κ3) is 9.31. The maximum Gasteiger partial charge on any atom is 0.407 e. The predicted molar refractivity (Wildman–Crippen MR) is 129 cm³/mol. The minimum absolute atomic E-state index is 0.0444. The Bertz CT molecular complexity index is 705. The minimum Gasteiger partial charge on any atom is -0.444 e. The number of carbonyl (C=O) groups excluding carboxylic acids is 2. The van der Waals surface area contributed by atoms with Crippen LogP contribution in [-0.4, -0.2) is 42.0 Å². The molecule has 0 heterocycles. The number of hydrogen-bond acceptors (Lipinski definition) is 4. The van der Waals surface area contributed by atoms with Gasteiger partial charge in [-0.1, -0.05) is 60.5 Å². The van der Waals surface area contributed by atoms with E-state index in [0.717, 1.165) is 24.8 Å². The van der Waals surface area contributed by atoms with E-state index in [4.69, 9.17) is 4.74 Å². The Balaban J connectivity index is 2.84. The first-order valence-corrected chi connectivity index (χ1v) is 14.6. The van der Waals surface area contributed by atoms with Gasteiger partial charge in [-0.15, -0.1) is 0 Å². The van der Waals surface area contributed by atoms with Crippen LogP contribution in [0.2, 0.25) is 18.1 Å². The van der Waals surface area contributed by atoms with Crippen LogP contribution in [0.1, 0.15) is 69.8 Å². The van der Waals surface area contributed by atoms with Gasteiger partial charge in [0, 0.05) is 11.6 Å². The second kappa shape index (κ2) is 10.9. The minimum atomic E-state index is -2.26. The first kappa shape index (κ1) is 26.9. The molecule has 7 heteroatoms. The van der Waals surface area contributed by atoms with Crippen LogP contribution in [0.15, 0.2) is 24.3 Å². The zero-order valence-electron chi connectivity index (χ0n) is 19.5. The van der Waals surface area contributed by atoms with E-state index in [1.165, 1.54) is 0 Å². The highest BCUT2D eigenvalue weighted by Gasteiger charge is 2.37. The first-order chi connectivity index (χ1) is 13.6. The molecule has 170 valence electrons. The Kier molecular flexibility index (Phi) is 9.77. The molecule has 0 radical (unpaired) electrons. The molecule has 1 aromatic carbocycles. The molecule has 0 fully saturated rings. The van der Waals surface area contributed by atoms with Crippen molar-refractivity contribution < 1.29 is 19.1 Å². The molecule has 0 unspecified atom stereocenters. The van der Waals surface area contributed by atoms with Crippen LogP contribution in [-0.2, 0) is 11.2 Å². The smallest absolute Gasteiger partial charge is 0.407 e. The quantitative estimate of drug-likeness (QED) is 0.240. The summed E-state index contributed by atoms with van der Waals surface area (Å²) in [5, 5.41) is 3.21. The molecule has 0 saturated carbocycles. The second-order valence-corrected chi connectivity index (χ2v) is 15.2. The average Bonchev–Trinajstić information content (AvgIpc) is 2.58. The van der Waals surface area contributed by atoms with Crippen LogP contribution in [0.4, 0.5) is 4.79 Å². The summed E-state index contributed by atoms with van der Waals surface area (Å²) in [6.07, 6.45) is 2.81. The highest BCUT2D eigenvalue weighted by atomic mass is 79.9. The lowest BCUT2D eigenvalue weighted by Gasteiger charge is -2.35. The van der Waals surface area contributed by atoms with Crippen molar-refractivity contribution in [1.82, 2.24) is 5.32 Å². The van der Waals surface area contributed by atoms with Crippen molar-refractivity contribution in [3.05, 3.63) is 35.4 Å². The van der Waals surface area contributed by atoms with Crippen molar-refractivity contribution in [2.24, 2.45) is 0 Å². The number of ketones is 1. The van der Waals surface area contributed by atoms with E-state index in [1.807, 2.05) is 58.1 Å². The molecule has 30 heavy (non-hydrogen) atoms. The maximum absolute atomic E-state index is 12.3. The fourth-order valence-electron chi connectivity index (χ4n) is 2.98. The molecule has 0 saturated heterocycles. The van der Waals surface area contributed by atoms with E-state index in [1.54, 1.807) is 0 Å². The fourth-order valence-corrected chi connectivity index (χ4v) is 4.10. The van der Waals surface area contributed by atoms with Crippen LogP contribution >= 0.6 is 15.9 Å². The highest BCUT2D eigenvalue weighted by Crippen LogP contribution is 2.40. The molecule has 2 N–H and O–H groups in total. The van der Waals surface area contributed by atoms with E-state index in [0.29, 0.717) is 17.3 Å². The van der Waals surface area contributed by atoms with Gasteiger partial charge in [0.25, 0.3) is 0 Å². The van der Waals surface area contributed by atoms with Gasteiger partial charge in [-0.2, -0.15) is 0 Å². The van der Waals surface area contributed by atoms with Gasteiger partial charge >= 0.3 is 6.09 Å². The number of carbonyl (C=O) groups is 2. The van der Waals surface area contributed by atoms with Gasteiger partial charge in [0.05, 0.1) is 5.33 Å². The monoisotopic (exact) mass is 499 g/mol. The largest absolute Gasteiger partial charge is 0.444 e. The number of benzene rings is 1. The second-order valence-electron chi connectivity index (χ2n) is 10.1. The lowest BCUT2D eigenvalue weighted by atomic mass is 9.97. The summed E-state index contributed by atoms with van der Waals surface area (Å²) < 4.78 is 5.44. The SMILES string of the molecule is CC(C)(C)OC(=O)N[C@H](CCCC(C)(C)[Si](C)(C)O)Cc1ccc(C(=O)CBr)cc1. The van der Waals surface area contributed by atoms with E-state index in [-0.39, 0.29) is 16.9 Å². The molecule has 1 aromatic rings. The van der Waals surface area contributed by atoms with Crippen LogP contribution in [0.25, 0.3) is 0 Å². The summed E-state index contributed by atoms with van der Waals surface area (Å²) >= 11 is 3.19. The highest BCUT2D eigenvalue weighted by molar-refractivity contribution is 9.09. The van der Waals surface area contributed by atoms with Crippen molar-refractivity contribution in [3.63, 3.8) is 0 Å². The number of alkyl carbamates (subject to hydrolysis) is 1. The Hall–Kier alpha value is -1.18. The number of hydrogen-bond donors (Lipinski definition) is 2. The van der Waals surface area contributed by atoms with Crippen LogP contribution in [0, 0.1) is 0 Å². The average molecular weight is 501 g/mol. The fraction of sp³-hybridized carbons (Fsp3) is 0.652. The van der Waals surface area contributed by atoms with Gasteiger partial charge in [-0.05, 0) is 63.7 Å². The summed E-state index contributed by atoms with van der Waals surface area (Å²) in [4.78, 5) is 34.7. The van der Waals surface area contributed by atoms with E-state index >= 15 is 0 Å². The number of ether oxygens (including phenoxy) is 1. The van der Waals surface area contributed by atoms with Crippen molar-refractivity contribution in [1.29, 1.82) is 0 Å². The Morgan fingerprint density at radius 3 is 2.17 bits per heavy atom. The zero-order valence-corrected chi connectivity index (χ0v) is 22.1. The van der Waals surface area contributed by atoms with Gasteiger partial charge in [-0.3, -0.25) is 4.79 Å². The summed E-state index contributed by atoms with van der Waals surface area (Å²) in [7, 11) is -2.26. The molecule has 0 spiro atoms. The van der Waals surface area contributed by atoms with E-state index in [2.05, 4.69) is 35.1 Å². The summed E-state index contributed by atoms with van der Waals surface area (Å²) in [6, 6.07) is 7.44. The van der Waals surface area contributed by atoms with Gasteiger partial charge in [0.15, 0.2) is 14.1 Å². The molecule has 0 aliphatic carbocycles. The maximum atomic E-state index is 12.3.